The third-order valence-corrected chi connectivity index (χ3v) is 3.82. The number of carboxylic acid groups (broad SMARTS) is 1. The molecule has 2 N–H and O–H groups in total. The van der Waals surface area contributed by atoms with Crippen molar-refractivity contribution in [3.63, 3.8) is 0 Å². The van der Waals surface area contributed by atoms with Gasteiger partial charge >= 0.3 is 5.97 Å². The lowest BCUT2D eigenvalue weighted by Gasteiger charge is -2.10. The fourth-order valence-electron chi connectivity index (χ4n) is 1.45. The predicted molar refractivity (Wildman–Crippen MR) is 97.0 cm³/mol. The summed E-state index contributed by atoms with van der Waals surface area (Å²) in [5.41, 5.74) is 0.495. The van der Waals surface area contributed by atoms with Crippen LogP contribution in [-0.4, -0.2) is 23.6 Å². The minimum absolute atomic E-state index is 0.172. The Labute approximate surface area is 149 Å². The second kappa shape index (κ2) is 8.37. The van der Waals surface area contributed by atoms with Gasteiger partial charge in [0.05, 0.1) is 7.14 Å². The summed E-state index contributed by atoms with van der Waals surface area (Å²) in [7, 11) is 0. The second-order valence-electron chi connectivity index (χ2n) is 3.96. The van der Waals surface area contributed by atoms with Crippen molar-refractivity contribution in [2.45, 2.75) is 6.92 Å². The van der Waals surface area contributed by atoms with Crippen molar-refractivity contribution in [1.82, 2.24) is 5.32 Å². The molecule has 0 atom stereocenters. The summed E-state index contributed by atoms with van der Waals surface area (Å²) in [6.45, 7) is 5.25. The summed E-state index contributed by atoms with van der Waals surface area (Å²) in [5, 5.41) is 11.4. The number of aliphatic carboxylic acids is 1. The van der Waals surface area contributed by atoms with Gasteiger partial charge in [-0.2, -0.15) is 0 Å². The number of hydrogen-bond donors (Lipinski definition) is 2. The first-order valence-electron chi connectivity index (χ1n) is 5.80. The van der Waals surface area contributed by atoms with Gasteiger partial charge in [-0.25, -0.2) is 4.79 Å². The van der Waals surface area contributed by atoms with E-state index in [0.717, 1.165) is 12.9 Å². The van der Waals surface area contributed by atoms with Gasteiger partial charge in [0.25, 0.3) is 0 Å². The van der Waals surface area contributed by atoms with Gasteiger partial charge in [-0.3, -0.25) is 4.79 Å². The Morgan fingerprint density at radius 3 is 2.38 bits per heavy atom. The van der Waals surface area contributed by atoms with E-state index in [1.807, 2.05) is 0 Å². The summed E-state index contributed by atoms with van der Waals surface area (Å²) in [6.07, 6.45) is 3.06. The van der Waals surface area contributed by atoms with Gasteiger partial charge in [-0.05, 0) is 69.0 Å². The van der Waals surface area contributed by atoms with Crippen LogP contribution in [0, 0.1) is 7.14 Å². The molecule has 1 amide bonds. The standard InChI is InChI=1S/C14H13I2NO4/c1-3-4-21-13-10(15)5-9(6-11(13)16)7-12(14(19)20)17-8(2)18/h3,5-7H,1,4H2,2H3,(H,17,18)(H,19,20). The predicted octanol–water partition coefficient (Wildman–Crippen LogP) is 3.02. The van der Waals surface area contributed by atoms with E-state index in [1.54, 1.807) is 18.2 Å². The van der Waals surface area contributed by atoms with Crippen LogP contribution in [0.4, 0.5) is 0 Å². The smallest absolute Gasteiger partial charge is 0.352 e. The Balaban J connectivity index is 3.16. The first kappa shape index (κ1) is 18.0. The summed E-state index contributed by atoms with van der Waals surface area (Å²) in [6, 6.07) is 3.57. The number of nitrogens with one attached hydrogen (secondary N) is 1. The minimum atomic E-state index is -1.19. The molecule has 0 fully saturated rings. The maximum absolute atomic E-state index is 11.1. The van der Waals surface area contributed by atoms with Crippen molar-refractivity contribution in [1.29, 1.82) is 0 Å². The minimum Gasteiger partial charge on any atom is -0.487 e. The van der Waals surface area contributed by atoms with Crippen LogP contribution >= 0.6 is 45.2 Å². The maximum atomic E-state index is 11.1. The summed E-state index contributed by atoms with van der Waals surface area (Å²) < 4.78 is 7.24. The van der Waals surface area contributed by atoms with Gasteiger partial charge in [0.2, 0.25) is 5.91 Å². The zero-order valence-corrected chi connectivity index (χ0v) is 15.5. The molecule has 1 aromatic rings. The van der Waals surface area contributed by atoms with Gasteiger partial charge in [0.1, 0.15) is 18.1 Å². The van der Waals surface area contributed by atoms with Crippen LogP contribution in [0.2, 0.25) is 0 Å². The molecule has 0 heterocycles. The molecule has 0 bridgehead atoms. The van der Waals surface area contributed by atoms with Crippen molar-refractivity contribution in [2.75, 3.05) is 6.61 Å². The lowest BCUT2D eigenvalue weighted by Crippen LogP contribution is -2.24. The van der Waals surface area contributed by atoms with Crippen molar-refractivity contribution in [2.24, 2.45) is 0 Å². The molecule has 1 rings (SSSR count). The topological polar surface area (TPSA) is 75.6 Å². The van der Waals surface area contributed by atoms with E-state index in [4.69, 9.17) is 9.84 Å². The number of rotatable bonds is 6. The number of carboxylic acids is 1. The molecule has 1 aromatic carbocycles. The molecular weight excluding hydrogens is 500 g/mol. The van der Waals surface area contributed by atoms with Gasteiger partial charge < -0.3 is 15.2 Å². The van der Waals surface area contributed by atoms with Crippen molar-refractivity contribution < 1.29 is 19.4 Å². The van der Waals surface area contributed by atoms with Crippen LogP contribution in [0.15, 0.2) is 30.5 Å². The SMILES string of the molecule is C=CCOc1c(I)cc(C=C(NC(C)=O)C(=O)O)cc1I. The lowest BCUT2D eigenvalue weighted by atomic mass is 10.2. The molecule has 0 aliphatic heterocycles. The quantitative estimate of drug-likeness (QED) is 0.349. The summed E-state index contributed by atoms with van der Waals surface area (Å²) in [4.78, 5) is 22.1. The molecule has 0 aromatic heterocycles. The van der Waals surface area contributed by atoms with Crippen LogP contribution < -0.4 is 10.1 Å². The van der Waals surface area contributed by atoms with Crippen LogP contribution in [-0.2, 0) is 9.59 Å². The van der Waals surface area contributed by atoms with Gasteiger partial charge in [0, 0.05) is 6.92 Å². The molecule has 0 aliphatic rings. The zero-order valence-electron chi connectivity index (χ0n) is 11.2. The largest absolute Gasteiger partial charge is 0.487 e. The maximum Gasteiger partial charge on any atom is 0.352 e. The van der Waals surface area contributed by atoms with E-state index in [0.29, 0.717) is 12.2 Å². The highest BCUT2D eigenvalue weighted by atomic mass is 127. The lowest BCUT2D eigenvalue weighted by molar-refractivity contribution is -0.134. The number of halogens is 2. The highest BCUT2D eigenvalue weighted by molar-refractivity contribution is 14.1. The molecule has 0 saturated heterocycles. The number of amides is 1. The number of carbonyl (C=O) groups is 2. The van der Waals surface area contributed by atoms with Crippen molar-refractivity contribution >= 4 is 63.1 Å². The van der Waals surface area contributed by atoms with Crippen LogP contribution in [0.1, 0.15) is 12.5 Å². The average molecular weight is 513 g/mol. The van der Waals surface area contributed by atoms with Crippen molar-refractivity contribution in [3.05, 3.63) is 43.2 Å². The van der Waals surface area contributed by atoms with Crippen LogP contribution in [0.5, 0.6) is 5.75 Å². The monoisotopic (exact) mass is 513 g/mol. The Morgan fingerprint density at radius 2 is 1.95 bits per heavy atom. The number of benzene rings is 1. The molecule has 112 valence electrons. The van der Waals surface area contributed by atoms with E-state index >= 15 is 0 Å². The zero-order chi connectivity index (χ0) is 16.0. The Kier molecular flexibility index (Phi) is 7.15. The average Bonchev–Trinajstić information content (AvgIpc) is 2.36. The molecular formula is C14H13I2NO4. The highest BCUT2D eigenvalue weighted by Gasteiger charge is 2.12. The first-order chi connectivity index (χ1) is 9.85. The summed E-state index contributed by atoms with van der Waals surface area (Å²) >= 11 is 4.23. The van der Waals surface area contributed by atoms with Crippen LogP contribution in [0.3, 0.4) is 0 Å². The molecule has 0 aliphatic carbocycles. The number of ether oxygens (including phenoxy) is 1. The highest BCUT2D eigenvalue weighted by Crippen LogP contribution is 2.29. The molecule has 0 unspecified atom stereocenters. The molecule has 0 spiro atoms. The van der Waals surface area contributed by atoms with E-state index in [1.165, 1.54) is 13.0 Å². The van der Waals surface area contributed by atoms with Gasteiger partial charge in [-0.1, -0.05) is 12.7 Å². The second-order valence-corrected chi connectivity index (χ2v) is 6.28. The van der Waals surface area contributed by atoms with Gasteiger partial charge in [-0.15, -0.1) is 0 Å². The number of carbonyl (C=O) groups excluding carboxylic acids is 1. The third kappa shape index (κ3) is 5.65. The molecule has 0 saturated carbocycles. The normalized spacial score (nSPS) is 10.9. The number of hydrogen-bond acceptors (Lipinski definition) is 3. The third-order valence-electron chi connectivity index (χ3n) is 2.22. The first-order valence-corrected chi connectivity index (χ1v) is 7.96. The summed E-state index contributed by atoms with van der Waals surface area (Å²) in [5.74, 6) is -0.897. The van der Waals surface area contributed by atoms with Crippen molar-refractivity contribution in [3.8, 4) is 5.75 Å². The molecule has 21 heavy (non-hydrogen) atoms. The van der Waals surface area contributed by atoms with Crippen LogP contribution in [0.25, 0.3) is 6.08 Å². The molecule has 0 radical (unpaired) electrons. The van der Waals surface area contributed by atoms with Gasteiger partial charge in [0.15, 0.2) is 0 Å². The van der Waals surface area contributed by atoms with E-state index in [-0.39, 0.29) is 5.70 Å². The fraction of sp³-hybridized carbons (Fsp3) is 0.143. The Hall–Kier alpha value is -1.10. The molecule has 7 heteroatoms. The fourth-order valence-corrected chi connectivity index (χ4v) is 3.58. The Morgan fingerprint density at radius 1 is 1.38 bits per heavy atom. The van der Waals surface area contributed by atoms with E-state index in [9.17, 15) is 9.59 Å². The van der Waals surface area contributed by atoms with E-state index < -0.39 is 11.9 Å². The van der Waals surface area contributed by atoms with E-state index in [2.05, 4.69) is 57.1 Å². The Bertz CT molecular complexity index is 588. The molecule has 5 nitrogen and oxygen atoms in total.